The highest BCUT2D eigenvalue weighted by molar-refractivity contribution is 7.86. The highest BCUT2D eigenvalue weighted by Gasteiger charge is 2.43. The minimum absolute atomic E-state index is 0.141. The van der Waals surface area contributed by atoms with Crippen molar-refractivity contribution in [2.24, 2.45) is 0 Å². The third-order valence-electron chi connectivity index (χ3n) is 9.54. The van der Waals surface area contributed by atoms with Crippen LogP contribution in [0.3, 0.4) is 0 Å². The number of ether oxygens (including phenoxy) is 4. The molecule has 2 saturated heterocycles. The maximum atomic E-state index is 12.5. The Balaban J connectivity index is 2.05. The quantitative estimate of drug-likeness (QED) is 0.0415. The van der Waals surface area contributed by atoms with Crippen LogP contribution in [0.25, 0.3) is 0 Å². The van der Waals surface area contributed by atoms with Gasteiger partial charge in [-0.3, -0.25) is 8.37 Å². The first-order chi connectivity index (χ1) is 23.4. The molecule has 0 saturated carbocycles. The van der Waals surface area contributed by atoms with Crippen LogP contribution in [0.4, 0.5) is 0 Å². The topological polar surface area (TPSA) is 124 Å². The molecule has 6 atom stereocenters. The normalized spacial score (nSPS) is 24.8. The lowest BCUT2D eigenvalue weighted by atomic mass is 9.95. The summed E-state index contributed by atoms with van der Waals surface area (Å²) in [6.07, 6.45) is 21.6. The monoisotopic (exact) mass is 752 g/mol. The van der Waals surface area contributed by atoms with Crippen LogP contribution in [0.2, 0.25) is 0 Å². The highest BCUT2D eigenvalue weighted by Crippen LogP contribution is 2.37. The largest absolute Gasteiger partial charge is 0.345 e. The Kier molecular flexibility index (Phi) is 20.6. The summed E-state index contributed by atoms with van der Waals surface area (Å²) in [7, 11) is -7.87. The van der Waals surface area contributed by atoms with Crippen LogP contribution in [0.15, 0.2) is 12.7 Å². The average molecular weight is 753 g/mol. The van der Waals surface area contributed by atoms with E-state index in [2.05, 4.69) is 13.5 Å². The van der Waals surface area contributed by atoms with Crippen LogP contribution < -0.4 is 0 Å². The SMILES string of the molecule is C=CCCCCCCCC[C@H]1OC(C)(C)O[C@@H]1CC[C@H](OS(C)(=O)=O)[C@H](CC[C@H]1OC(C)(C)O[C@@H]1CCCCCCCCCC)OS(C)(=O)=O. The molecule has 0 aromatic heterocycles. The van der Waals surface area contributed by atoms with Crippen LogP contribution in [0.5, 0.6) is 0 Å². The van der Waals surface area contributed by atoms with Crippen LogP contribution >= 0.6 is 0 Å². The first kappa shape index (κ1) is 45.6. The molecule has 12 heteroatoms. The third kappa shape index (κ3) is 20.0. The van der Waals surface area contributed by atoms with Gasteiger partial charge in [-0.2, -0.15) is 16.8 Å². The summed E-state index contributed by atoms with van der Waals surface area (Å²) in [4.78, 5) is 0. The van der Waals surface area contributed by atoms with Crippen molar-refractivity contribution in [2.75, 3.05) is 12.5 Å². The van der Waals surface area contributed by atoms with E-state index in [9.17, 15) is 16.8 Å². The molecule has 0 aliphatic carbocycles. The van der Waals surface area contributed by atoms with Gasteiger partial charge in [0.15, 0.2) is 11.6 Å². The Bertz CT molecular complexity index is 1150. The molecule has 2 rings (SSSR count). The lowest BCUT2D eigenvalue weighted by Gasteiger charge is -2.28. The summed E-state index contributed by atoms with van der Waals surface area (Å²) in [5.74, 6) is -1.54. The van der Waals surface area contributed by atoms with Crippen molar-refractivity contribution in [3.05, 3.63) is 12.7 Å². The third-order valence-corrected chi connectivity index (χ3v) is 10.7. The number of rotatable bonds is 29. The molecular weight excluding hydrogens is 681 g/mol. The van der Waals surface area contributed by atoms with Gasteiger partial charge in [0.1, 0.15) is 12.2 Å². The Morgan fingerprint density at radius 2 is 0.880 bits per heavy atom. The van der Waals surface area contributed by atoms with Crippen molar-refractivity contribution in [3.63, 3.8) is 0 Å². The maximum Gasteiger partial charge on any atom is 0.264 e. The summed E-state index contributed by atoms with van der Waals surface area (Å²) in [5.41, 5.74) is 0. The van der Waals surface area contributed by atoms with Gasteiger partial charge >= 0.3 is 0 Å². The summed E-state index contributed by atoms with van der Waals surface area (Å²) >= 11 is 0. The smallest absolute Gasteiger partial charge is 0.264 e. The number of allylic oxidation sites excluding steroid dienone is 1. The molecule has 0 aromatic rings. The van der Waals surface area contributed by atoms with E-state index >= 15 is 0 Å². The minimum Gasteiger partial charge on any atom is -0.345 e. The molecule has 296 valence electrons. The molecule has 2 aliphatic heterocycles. The molecule has 0 amide bonds. The lowest BCUT2D eigenvalue weighted by molar-refractivity contribution is -0.148. The summed E-state index contributed by atoms with van der Waals surface area (Å²) in [6, 6.07) is 0. The first-order valence-electron chi connectivity index (χ1n) is 19.5. The molecule has 0 radical (unpaired) electrons. The summed E-state index contributed by atoms with van der Waals surface area (Å²) < 4.78 is 86.1. The number of hydrogen-bond donors (Lipinski definition) is 0. The van der Waals surface area contributed by atoms with E-state index < -0.39 is 44.0 Å². The minimum atomic E-state index is -3.94. The molecule has 0 bridgehead atoms. The van der Waals surface area contributed by atoms with E-state index in [1.54, 1.807) is 0 Å². The van der Waals surface area contributed by atoms with Gasteiger partial charge in [-0.1, -0.05) is 96.5 Å². The van der Waals surface area contributed by atoms with Crippen LogP contribution in [-0.2, 0) is 47.5 Å². The second kappa shape index (κ2) is 22.6. The van der Waals surface area contributed by atoms with Gasteiger partial charge in [0.05, 0.1) is 36.9 Å². The maximum absolute atomic E-state index is 12.5. The Labute approximate surface area is 306 Å². The van der Waals surface area contributed by atoms with Gasteiger partial charge < -0.3 is 18.9 Å². The summed E-state index contributed by atoms with van der Waals surface area (Å²) in [6.45, 7) is 13.6. The van der Waals surface area contributed by atoms with Crippen molar-refractivity contribution >= 4 is 20.2 Å². The van der Waals surface area contributed by atoms with E-state index in [1.807, 2.05) is 33.8 Å². The fourth-order valence-electron chi connectivity index (χ4n) is 7.32. The predicted molar refractivity (Wildman–Crippen MR) is 200 cm³/mol. The Hall–Kier alpha value is -0.600. The van der Waals surface area contributed by atoms with Gasteiger partial charge in [0.25, 0.3) is 20.2 Å². The molecule has 0 spiro atoms. The predicted octanol–water partition coefficient (Wildman–Crippen LogP) is 9.11. The molecular formula is C38H72O10S2. The highest BCUT2D eigenvalue weighted by atomic mass is 32.2. The molecule has 0 aromatic carbocycles. The molecule has 2 fully saturated rings. The zero-order chi connectivity index (χ0) is 37.3. The lowest BCUT2D eigenvalue weighted by Crippen LogP contribution is -2.38. The van der Waals surface area contributed by atoms with E-state index in [1.165, 1.54) is 64.2 Å². The van der Waals surface area contributed by atoms with Crippen molar-refractivity contribution in [2.45, 2.75) is 218 Å². The molecule has 0 unspecified atom stereocenters. The summed E-state index contributed by atoms with van der Waals surface area (Å²) in [5, 5.41) is 0. The molecule has 10 nitrogen and oxygen atoms in total. The van der Waals surface area contributed by atoms with Crippen molar-refractivity contribution in [1.82, 2.24) is 0 Å². The second-order valence-corrected chi connectivity index (χ2v) is 18.7. The van der Waals surface area contributed by atoms with Crippen LogP contribution in [-0.4, -0.2) is 77.5 Å². The average Bonchev–Trinajstić information content (AvgIpc) is 3.47. The van der Waals surface area contributed by atoms with Gasteiger partial charge in [-0.15, -0.1) is 6.58 Å². The molecule has 2 aliphatic rings. The van der Waals surface area contributed by atoms with Crippen LogP contribution in [0.1, 0.15) is 169 Å². The molecule has 50 heavy (non-hydrogen) atoms. The Morgan fingerprint density at radius 1 is 0.560 bits per heavy atom. The first-order valence-corrected chi connectivity index (χ1v) is 23.2. The Morgan fingerprint density at radius 3 is 1.22 bits per heavy atom. The fourth-order valence-corrected chi connectivity index (χ4v) is 8.65. The van der Waals surface area contributed by atoms with E-state index in [0.29, 0.717) is 12.8 Å². The zero-order valence-corrected chi connectivity index (χ0v) is 34.1. The van der Waals surface area contributed by atoms with Gasteiger partial charge in [0, 0.05) is 0 Å². The van der Waals surface area contributed by atoms with Crippen molar-refractivity contribution in [1.29, 1.82) is 0 Å². The standard InChI is InChI=1S/C38H72O10S2/c1-9-11-13-15-17-19-21-23-25-31-33(45-37(3,4)43-31)27-29-35(47-49(7,39)40)36(48-50(8,41)42)30-28-34-32(44-38(5,6)46-34)26-24-22-20-18-16-14-12-10-2/h9,31-36H,1,10-30H2,2-8H3/t31-,32-,33-,34-,35+,36+/m1/s1. The van der Waals surface area contributed by atoms with E-state index in [0.717, 1.165) is 57.5 Å². The van der Waals surface area contributed by atoms with E-state index in [-0.39, 0.29) is 37.3 Å². The second-order valence-electron chi connectivity index (χ2n) is 15.5. The van der Waals surface area contributed by atoms with Gasteiger partial charge in [-0.05, 0) is 79.1 Å². The van der Waals surface area contributed by atoms with Gasteiger partial charge in [0.2, 0.25) is 0 Å². The van der Waals surface area contributed by atoms with E-state index in [4.69, 9.17) is 27.3 Å². The molecule has 2 heterocycles. The van der Waals surface area contributed by atoms with Crippen molar-refractivity contribution < 1.29 is 44.1 Å². The number of hydrogen-bond acceptors (Lipinski definition) is 10. The zero-order valence-electron chi connectivity index (χ0n) is 32.5. The van der Waals surface area contributed by atoms with Gasteiger partial charge in [-0.25, -0.2) is 0 Å². The molecule has 0 N–H and O–H groups in total. The van der Waals surface area contributed by atoms with Crippen LogP contribution in [0, 0.1) is 0 Å². The fraction of sp³-hybridized carbons (Fsp3) is 0.947. The number of unbranched alkanes of at least 4 members (excludes halogenated alkanes) is 13. The van der Waals surface area contributed by atoms with Crippen molar-refractivity contribution in [3.8, 4) is 0 Å².